The minimum atomic E-state index is -0.327. The third-order valence-electron chi connectivity index (χ3n) is 2.20. The Labute approximate surface area is 105 Å². The van der Waals surface area contributed by atoms with Crippen molar-refractivity contribution in [3.05, 3.63) is 33.7 Å². The minimum absolute atomic E-state index is 0.327. The van der Waals surface area contributed by atoms with E-state index in [9.17, 15) is 4.79 Å². The molecule has 0 aliphatic carbocycles. The van der Waals surface area contributed by atoms with Crippen molar-refractivity contribution in [3.8, 4) is 0 Å². The molecule has 0 radical (unpaired) electrons. The summed E-state index contributed by atoms with van der Waals surface area (Å²) in [4.78, 5) is 16.3. The molecule has 5 heteroatoms. The monoisotopic (exact) mass is 252 g/mol. The molecule has 0 bridgehead atoms. The minimum Gasteiger partial charge on any atom is -0.465 e. The fraction of sp³-hybridized carbons (Fsp3) is 0.333. The molecule has 0 saturated carbocycles. The molecule has 92 valence electrons. The molecule has 1 rings (SSSR count). The average molecular weight is 252 g/mol. The van der Waals surface area contributed by atoms with Crippen LogP contribution in [0.25, 0.3) is 0 Å². The molecule has 0 fully saturated rings. The first kappa shape index (κ1) is 13.4. The molecule has 17 heavy (non-hydrogen) atoms. The number of nitrogens with zero attached hydrogens (tertiary/aromatic N) is 1. The lowest BCUT2D eigenvalue weighted by Crippen LogP contribution is -2.05. The molecule has 1 aromatic rings. The maximum atomic E-state index is 11.4. The van der Waals surface area contributed by atoms with Crippen LogP contribution in [0.2, 0.25) is 0 Å². The van der Waals surface area contributed by atoms with Gasteiger partial charge in [0.15, 0.2) is 0 Å². The highest BCUT2D eigenvalue weighted by Gasteiger charge is 2.13. The van der Waals surface area contributed by atoms with Crippen LogP contribution in [0.5, 0.6) is 0 Å². The summed E-state index contributed by atoms with van der Waals surface area (Å²) >= 11 is 1.34. The van der Waals surface area contributed by atoms with Gasteiger partial charge in [-0.2, -0.15) is 0 Å². The Morgan fingerprint density at radius 3 is 2.88 bits per heavy atom. The maximum Gasteiger partial charge on any atom is 0.348 e. The van der Waals surface area contributed by atoms with Gasteiger partial charge in [0.25, 0.3) is 0 Å². The third-order valence-corrected chi connectivity index (χ3v) is 3.11. The number of hydrogen-bond donors (Lipinski definition) is 1. The van der Waals surface area contributed by atoms with E-state index in [1.54, 1.807) is 6.07 Å². The van der Waals surface area contributed by atoms with Crippen LogP contribution in [0.15, 0.2) is 28.2 Å². The molecule has 1 aromatic heterocycles. The normalized spacial score (nSPS) is 12.6. The molecule has 0 saturated heterocycles. The second-order valence-electron chi connectivity index (χ2n) is 3.36. The quantitative estimate of drug-likeness (QED) is 0.660. The predicted molar refractivity (Wildman–Crippen MR) is 70.7 cm³/mol. The summed E-state index contributed by atoms with van der Waals surface area (Å²) < 4.78 is 4.67. The number of methoxy groups -OCH3 is 1. The summed E-state index contributed by atoms with van der Waals surface area (Å²) in [7, 11) is 1.37. The lowest BCUT2D eigenvalue weighted by atomic mass is 10.1. The van der Waals surface area contributed by atoms with Crippen LogP contribution in [-0.4, -0.2) is 25.3 Å². The van der Waals surface area contributed by atoms with Crippen LogP contribution in [0.3, 0.4) is 0 Å². The van der Waals surface area contributed by atoms with E-state index < -0.39 is 0 Å². The van der Waals surface area contributed by atoms with E-state index in [0.717, 1.165) is 16.8 Å². The van der Waals surface area contributed by atoms with Gasteiger partial charge in [-0.05, 0) is 31.7 Å². The number of carbonyl (C=O) groups is 1. The number of nitrogens with two attached hydrogens (primary N) is 1. The summed E-state index contributed by atoms with van der Waals surface area (Å²) in [5.74, 6) is -0.327. The zero-order chi connectivity index (χ0) is 12.8. The Balaban J connectivity index is 3.09. The molecule has 0 unspecified atom stereocenters. The van der Waals surface area contributed by atoms with Crippen molar-refractivity contribution in [2.24, 2.45) is 10.7 Å². The van der Waals surface area contributed by atoms with Crippen molar-refractivity contribution in [1.82, 2.24) is 0 Å². The summed E-state index contributed by atoms with van der Waals surface area (Å²) in [5.41, 5.74) is 8.11. The van der Waals surface area contributed by atoms with Crippen LogP contribution < -0.4 is 5.73 Å². The molecule has 0 atom stereocenters. The van der Waals surface area contributed by atoms with E-state index in [0.29, 0.717) is 11.4 Å². The topological polar surface area (TPSA) is 64.7 Å². The SMILES string of the molecule is CCN=C(C(C)=CN)c1csc(C(=O)OC)c1. The Kier molecular flexibility index (Phi) is 4.90. The molecule has 0 aromatic carbocycles. The standard InChI is InChI=1S/C12H16N2O2S/c1-4-14-11(8(2)6-13)9-5-10(17-7-9)12(15)16-3/h5-7H,4,13H2,1-3H3. The first-order valence-electron chi connectivity index (χ1n) is 5.24. The van der Waals surface area contributed by atoms with E-state index in [-0.39, 0.29) is 5.97 Å². The van der Waals surface area contributed by atoms with Gasteiger partial charge in [-0.25, -0.2) is 4.79 Å². The zero-order valence-corrected chi connectivity index (χ0v) is 11.0. The van der Waals surface area contributed by atoms with Crippen LogP contribution in [0.1, 0.15) is 29.1 Å². The van der Waals surface area contributed by atoms with Crippen molar-refractivity contribution < 1.29 is 9.53 Å². The van der Waals surface area contributed by atoms with Gasteiger partial charge in [-0.1, -0.05) is 0 Å². The fourth-order valence-corrected chi connectivity index (χ4v) is 2.16. The van der Waals surface area contributed by atoms with Gasteiger partial charge in [0.2, 0.25) is 0 Å². The first-order chi connectivity index (χ1) is 8.13. The molecule has 1 heterocycles. The highest BCUT2D eigenvalue weighted by molar-refractivity contribution is 7.12. The Bertz CT molecular complexity index is 461. The van der Waals surface area contributed by atoms with E-state index in [1.807, 2.05) is 19.2 Å². The van der Waals surface area contributed by atoms with Gasteiger partial charge in [0, 0.05) is 17.5 Å². The molecular formula is C12H16N2O2S. The molecule has 2 N–H and O–H groups in total. The summed E-state index contributed by atoms with van der Waals surface area (Å²) in [6.07, 6.45) is 1.52. The smallest absolute Gasteiger partial charge is 0.348 e. The predicted octanol–water partition coefficient (Wildman–Crippen LogP) is 2.21. The largest absolute Gasteiger partial charge is 0.465 e. The van der Waals surface area contributed by atoms with Crippen molar-refractivity contribution in [2.75, 3.05) is 13.7 Å². The number of esters is 1. The summed E-state index contributed by atoms with van der Waals surface area (Å²) in [6.45, 7) is 4.52. The molecule has 0 aliphatic heterocycles. The molecular weight excluding hydrogens is 236 g/mol. The van der Waals surface area contributed by atoms with Gasteiger partial charge in [0.05, 0.1) is 12.8 Å². The number of allylic oxidation sites excluding steroid dienone is 1. The van der Waals surface area contributed by atoms with Crippen molar-refractivity contribution in [2.45, 2.75) is 13.8 Å². The van der Waals surface area contributed by atoms with Crippen LogP contribution in [-0.2, 0) is 4.74 Å². The maximum absolute atomic E-state index is 11.4. The number of carbonyl (C=O) groups excluding carboxylic acids is 1. The number of ether oxygens (including phenoxy) is 1. The van der Waals surface area contributed by atoms with E-state index >= 15 is 0 Å². The van der Waals surface area contributed by atoms with E-state index in [1.165, 1.54) is 24.6 Å². The number of aliphatic imine (C=N–C) groups is 1. The summed E-state index contributed by atoms with van der Waals surface area (Å²) in [5, 5.41) is 1.88. The fourth-order valence-electron chi connectivity index (χ4n) is 1.35. The average Bonchev–Trinajstić information content (AvgIpc) is 2.83. The Morgan fingerprint density at radius 2 is 2.35 bits per heavy atom. The van der Waals surface area contributed by atoms with Crippen LogP contribution in [0.4, 0.5) is 0 Å². The number of thiophene rings is 1. The van der Waals surface area contributed by atoms with E-state index in [2.05, 4.69) is 9.73 Å². The van der Waals surface area contributed by atoms with Gasteiger partial charge < -0.3 is 10.5 Å². The molecule has 0 spiro atoms. The molecule has 4 nitrogen and oxygen atoms in total. The third kappa shape index (κ3) is 3.17. The van der Waals surface area contributed by atoms with E-state index in [4.69, 9.17) is 5.73 Å². The first-order valence-corrected chi connectivity index (χ1v) is 6.12. The van der Waals surface area contributed by atoms with Crippen molar-refractivity contribution in [1.29, 1.82) is 0 Å². The van der Waals surface area contributed by atoms with Gasteiger partial charge in [0.1, 0.15) is 4.88 Å². The lowest BCUT2D eigenvalue weighted by molar-refractivity contribution is 0.0606. The second-order valence-corrected chi connectivity index (χ2v) is 4.28. The van der Waals surface area contributed by atoms with Crippen LogP contribution in [0, 0.1) is 0 Å². The Morgan fingerprint density at radius 1 is 1.65 bits per heavy atom. The van der Waals surface area contributed by atoms with Gasteiger partial charge >= 0.3 is 5.97 Å². The Hall–Kier alpha value is -1.62. The van der Waals surface area contributed by atoms with Crippen LogP contribution >= 0.6 is 11.3 Å². The van der Waals surface area contributed by atoms with Gasteiger partial charge in [-0.15, -0.1) is 11.3 Å². The zero-order valence-electron chi connectivity index (χ0n) is 10.2. The second kappa shape index (κ2) is 6.20. The van der Waals surface area contributed by atoms with Gasteiger partial charge in [-0.3, -0.25) is 4.99 Å². The number of hydrogen-bond acceptors (Lipinski definition) is 5. The summed E-state index contributed by atoms with van der Waals surface area (Å²) in [6, 6.07) is 1.78. The number of rotatable bonds is 4. The highest BCUT2D eigenvalue weighted by atomic mass is 32.1. The molecule has 0 amide bonds. The lowest BCUT2D eigenvalue weighted by Gasteiger charge is -2.03. The van der Waals surface area contributed by atoms with Crippen molar-refractivity contribution >= 4 is 23.0 Å². The van der Waals surface area contributed by atoms with Crippen molar-refractivity contribution in [3.63, 3.8) is 0 Å². The molecule has 0 aliphatic rings. The highest BCUT2D eigenvalue weighted by Crippen LogP contribution is 2.19.